The van der Waals surface area contributed by atoms with Gasteiger partial charge >= 0.3 is 0 Å². The Bertz CT molecular complexity index is 856. The lowest BCUT2D eigenvalue weighted by molar-refractivity contribution is -0.130. The molecule has 0 spiro atoms. The average molecular weight is 353 g/mol. The lowest BCUT2D eigenvalue weighted by atomic mass is 10.0. The molecule has 5 heteroatoms. The largest absolute Gasteiger partial charge is 0.342 e. The molecule has 4 nitrogen and oxygen atoms in total. The van der Waals surface area contributed by atoms with Gasteiger partial charge in [-0.15, -0.1) is 0 Å². The molecule has 1 atom stereocenters. The second-order valence-electron chi connectivity index (χ2n) is 6.98. The van der Waals surface area contributed by atoms with Crippen LogP contribution in [0.2, 0.25) is 0 Å². The number of aromatic nitrogens is 1. The van der Waals surface area contributed by atoms with Gasteiger partial charge in [-0.25, -0.2) is 4.98 Å². The van der Waals surface area contributed by atoms with E-state index in [1.54, 1.807) is 0 Å². The topological polar surface area (TPSA) is 57.0 Å². The predicted octanol–water partition coefficient (Wildman–Crippen LogP) is 4.07. The van der Waals surface area contributed by atoms with Crippen molar-refractivity contribution in [2.45, 2.75) is 38.6 Å². The second-order valence-corrected chi connectivity index (χ2v) is 7.94. The van der Waals surface area contributed by atoms with Crippen LogP contribution >= 0.6 is 11.8 Å². The number of nitrogens with zero attached hydrogens (tertiary/aromatic N) is 3. The highest BCUT2D eigenvalue weighted by Crippen LogP contribution is 2.28. The molecule has 1 saturated heterocycles. The number of piperidine rings is 1. The number of fused-ring (bicyclic) bond motifs is 1. The fraction of sp³-hybridized carbons (Fsp3) is 0.450. The van der Waals surface area contributed by atoms with E-state index in [0.29, 0.717) is 22.3 Å². The molecule has 0 saturated carbocycles. The van der Waals surface area contributed by atoms with Gasteiger partial charge < -0.3 is 4.90 Å². The number of carbonyl (C=O) groups is 1. The van der Waals surface area contributed by atoms with Gasteiger partial charge in [-0.05, 0) is 55.9 Å². The number of amides is 1. The summed E-state index contributed by atoms with van der Waals surface area (Å²) >= 11 is 1.38. The smallest absolute Gasteiger partial charge is 0.232 e. The van der Waals surface area contributed by atoms with E-state index in [0.717, 1.165) is 41.5 Å². The van der Waals surface area contributed by atoms with Crippen LogP contribution < -0.4 is 0 Å². The molecule has 1 aliphatic heterocycles. The summed E-state index contributed by atoms with van der Waals surface area (Å²) in [6, 6.07) is 8.25. The number of nitriles is 1. The zero-order valence-electron chi connectivity index (χ0n) is 15.0. The van der Waals surface area contributed by atoms with Crippen molar-refractivity contribution in [2.75, 3.05) is 18.8 Å². The zero-order chi connectivity index (χ0) is 18.0. The molecule has 1 unspecified atom stereocenters. The van der Waals surface area contributed by atoms with E-state index in [1.807, 2.05) is 30.9 Å². The summed E-state index contributed by atoms with van der Waals surface area (Å²) in [6.07, 6.45) is 2.27. The van der Waals surface area contributed by atoms with Crippen LogP contribution in [0.3, 0.4) is 0 Å². The molecule has 2 heterocycles. The zero-order valence-corrected chi connectivity index (χ0v) is 15.8. The van der Waals surface area contributed by atoms with Crippen LogP contribution in [0, 0.1) is 31.1 Å². The molecular formula is C20H23N3OS. The van der Waals surface area contributed by atoms with Crippen molar-refractivity contribution < 1.29 is 4.79 Å². The first-order valence-electron chi connectivity index (χ1n) is 8.70. The van der Waals surface area contributed by atoms with E-state index in [1.165, 1.54) is 18.2 Å². The lowest BCUT2D eigenvalue weighted by Gasteiger charge is -2.30. The van der Waals surface area contributed by atoms with Crippen LogP contribution in [0.1, 0.15) is 36.5 Å². The van der Waals surface area contributed by atoms with E-state index in [2.05, 4.69) is 24.0 Å². The molecule has 3 rings (SSSR count). The molecule has 0 N–H and O–H groups in total. The maximum atomic E-state index is 12.5. The summed E-state index contributed by atoms with van der Waals surface area (Å²) in [6.45, 7) is 7.95. The van der Waals surface area contributed by atoms with Gasteiger partial charge in [-0.1, -0.05) is 24.8 Å². The molecule has 1 fully saturated rings. The number of aryl methyl sites for hydroxylation is 2. The van der Waals surface area contributed by atoms with Crippen LogP contribution in [-0.4, -0.2) is 34.6 Å². The summed E-state index contributed by atoms with van der Waals surface area (Å²) in [5.41, 5.74) is 3.70. The van der Waals surface area contributed by atoms with Crippen molar-refractivity contribution >= 4 is 28.6 Å². The number of benzene rings is 1. The van der Waals surface area contributed by atoms with Crippen molar-refractivity contribution in [3.05, 3.63) is 34.9 Å². The van der Waals surface area contributed by atoms with E-state index >= 15 is 0 Å². The van der Waals surface area contributed by atoms with Gasteiger partial charge in [0.15, 0.2) is 0 Å². The third kappa shape index (κ3) is 3.96. The van der Waals surface area contributed by atoms with Crippen molar-refractivity contribution in [2.24, 2.45) is 5.92 Å². The van der Waals surface area contributed by atoms with Crippen molar-refractivity contribution in [3.63, 3.8) is 0 Å². The average Bonchev–Trinajstić information content (AvgIpc) is 2.58. The molecule has 1 amide bonds. The molecule has 0 radical (unpaired) electrons. The Balaban J connectivity index is 1.81. The second kappa shape index (κ2) is 7.45. The molecule has 0 aliphatic carbocycles. The molecule has 1 aliphatic rings. The Kier molecular flexibility index (Phi) is 5.29. The normalized spacial score (nSPS) is 17.5. The number of pyridine rings is 1. The molecule has 2 aromatic rings. The lowest BCUT2D eigenvalue weighted by Crippen LogP contribution is -2.40. The van der Waals surface area contributed by atoms with Crippen molar-refractivity contribution in [1.29, 1.82) is 5.26 Å². The number of rotatable bonds is 3. The molecular weight excluding hydrogens is 330 g/mol. The van der Waals surface area contributed by atoms with Gasteiger partial charge in [-0.3, -0.25) is 4.79 Å². The van der Waals surface area contributed by atoms with Crippen molar-refractivity contribution in [3.8, 4) is 6.07 Å². The Morgan fingerprint density at radius 3 is 2.92 bits per heavy atom. The van der Waals surface area contributed by atoms with Gasteiger partial charge in [0, 0.05) is 18.5 Å². The number of thioether (sulfide) groups is 1. The molecule has 0 bridgehead atoms. The maximum absolute atomic E-state index is 12.5. The predicted molar refractivity (Wildman–Crippen MR) is 102 cm³/mol. The van der Waals surface area contributed by atoms with Gasteiger partial charge in [0.1, 0.15) is 11.1 Å². The summed E-state index contributed by atoms with van der Waals surface area (Å²) in [4.78, 5) is 19.1. The first-order chi connectivity index (χ1) is 12.0. The summed E-state index contributed by atoms with van der Waals surface area (Å²) in [5, 5.41) is 11.1. The first-order valence-corrected chi connectivity index (χ1v) is 9.69. The van der Waals surface area contributed by atoms with Crippen LogP contribution in [0.4, 0.5) is 0 Å². The molecule has 130 valence electrons. The van der Waals surface area contributed by atoms with Crippen LogP contribution in [-0.2, 0) is 4.79 Å². The SMILES string of the molecule is Cc1cc(C)c2cc(C#N)c(SCC(=O)N3CCCC(C)C3)nc2c1. The highest BCUT2D eigenvalue weighted by Gasteiger charge is 2.21. The fourth-order valence-corrected chi connectivity index (χ4v) is 4.31. The quantitative estimate of drug-likeness (QED) is 0.781. The van der Waals surface area contributed by atoms with E-state index in [4.69, 9.17) is 0 Å². The minimum atomic E-state index is 0.141. The highest BCUT2D eigenvalue weighted by atomic mass is 32.2. The van der Waals surface area contributed by atoms with E-state index in [-0.39, 0.29) is 5.91 Å². The fourth-order valence-electron chi connectivity index (χ4n) is 3.44. The van der Waals surface area contributed by atoms with Gasteiger partial charge in [0.05, 0.1) is 16.8 Å². The number of hydrogen-bond acceptors (Lipinski definition) is 4. The third-order valence-electron chi connectivity index (χ3n) is 4.71. The summed E-state index contributed by atoms with van der Waals surface area (Å²) in [5.74, 6) is 1.05. The van der Waals surface area contributed by atoms with Crippen LogP contribution in [0.5, 0.6) is 0 Å². The van der Waals surface area contributed by atoms with Crippen molar-refractivity contribution in [1.82, 2.24) is 9.88 Å². The minimum absolute atomic E-state index is 0.141. The Hall–Kier alpha value is -2.06. The molecule has 25 heavy (non-hydrogen) atoms. The Morgan fingerprint density at radius 1 is 1.40 bits per heavy atom. The van der Waals surface area contributed by atoms with E-state index in [9.17, 15) is 10.1 Å². The Morgan fingerprint density at radius 2 is 2.20 bits per heavy atom. The standard InChI is InChI=1S/C20H23N3OS/c1-13-5-4-6-23(11-13)19(24)12-25-20-16(10-21)9-17-15(3)7-14(2)8-18(17)22-20/h7-9,13H,4-6,11-12H2,1-3H3. The maximum Gasteiger partial charge on any atom is 0.232 e. The number of hydrogen-bond donors (Lipinski definition) is 0. The Labute approximate surface area is 153 Å². The minimum Gasteiger partial charge on any atom is -0.342 e. The summed E-state index contributed by atoms with van der Waals surface area (Å²) < 4.78 is 0. The highest BCUT2D eigenvalue weighted by molar-refractivity contribution is 8.00. The van der Waals surface area contributed by atoms with Gasteiger partial charge in [0.2, 0.25) is 5.91 Å². The van der Waals surface area contributed by atoms with Crippen LogP contribution in [0.25, 0.3) is 10.9 Å². The van der Waals surface area contributed by atoms with Gasteiger partial charge in [0.25, 0.3) is 0 Å². The summed E-state index contributed by atoms with van der Waals surface area (Å²) in [7, 11) is 0. The van der Waals surface area contributed by atoms with Crippen LogP contribution in [0.15, 0.2) is 23.2 Å². The monoisotopic (exact) mass is 353 g/mol. The van der Waals surface area contributed by atoms with Gasteiger partial charge in [-0.2, -0.15) is 5.26 Å². The first kappa shape index (κ1) is 17.8. The molecule has 1 aromatic carbocycles. The third-order valence-corrected chi connectivity index (χ3v) is 5.69. The number of carbonyl (C=O) groups excluding carboxylic acids is 1. The number of likely N-dealkylation sites (tertiary alicyclic amines) is 1. The van der Waals surface area contributed by atoms with E-state index < -0.39 is 0 Å². The molecule has 1 aromatic heterocycles.